The lowest BCUT2D eigenvalue weighted by atomic mass is 9.74. The van der Waals surface area contributed by atoms with Gasteiger partial charge in [0.05, 0.1) is 23.7 Å². The van der Waals surface area contributed by atoms with Crippen LogP contribution in [0.1, 0.15) is 37.8 Å². The van der Waals surface area contributed by atoms with Crippen LogP contribution in [-0.4, -0.2) is 46.4 Å². The van der Waals surface area contributed by atoms with Gasteiger partial charge in [-0.1, -0.05) is 24.3 Å². The Kier molecular flexibility index (Phi) is 7.38. The summed E-state index contributed by atoms with van der Waals surface area (Å²) >= 11 is 0. The van der Waals surface area contributed by atoms with E-state index < -0.39 is 15.1 Å². The molecule has 1 aliphatic rings. The first-order valence-corrected chi connectivity index (χ1v) is 12.1. The number of benzene rings is 2. The highest BCUT2D eigenvalue weighted by atomic mass is 32.2. The molecule has 6 nitrogen and oxygen atoms in total. The third-order valence-electron chi connectivity index (χ3n) is 6.01. The SMILES string of the molecule is COc1ccc(C2(CNC(=O)Cc3ccc(S(=O)(=O)C(C)C)cc3)CCOCC2)cc1. The molecule has 0 unspecified atom stereocenters. The lowest BCUT2D eigenvalue weighted by Crippen LogP contribution is -2.45. The highest BCUT2D eigenvalue weighted by molar-refractivity contribution is 7.92. The zero-order chi connectivity index (χ0) is 22.5. The number of carbonyl (C=O) groups excluding carboxylic acids is 1. The Morgan fingerprint density at radius 2 is 1.68 bits per heavy atom. The molecule has 2 aromatic carbocycles. The van der Waals surface area contributed by atoms with Gasteiger partial charge < -0.3 is 14.8 Å². The summed E-state index contributed by atoms with van der Waals surface area (Å²) in [5.74, 6) is 0.719. The molecule has 0 radical (unpaired) electrons. The summed E-state index contributed by atoms with van der Waals surface area (Å²) < 4.78 is 35.3. The molecule has 0 bridgehead atoms. The second-order valence-corrected chi connectivity index (χ2v) is 10.8. The van der Waals surface area contributed by atoms with E-state index in [1.54, 1.807) is 45.2 Å². The van der Waals surface area contributed by atoms with E-state index in [4.69, 9.17) is 9.47 Å². The molecule has 1 aliphatic heterocycles. The van der Waals surface area contributed by atoms with Crippen molar-refractivity contribution in [3.63, 3.8) is 0 Å². The van der Waals surface area contributed by atoms with Gasteiger partial charge in [-0.25, -0.2) is 8.42 Å². The Labute approximate surface area is 184 Å². The van der Waals surface area contributed by atoms with Crippen molar-refractivity contribution < 1.29 is 22.7 Å². The molecular formula is C24H31NO5S. The summed E-state index contributed by atoms with van der Waals surface area (Å²) in [4.78, 5) is 12.9. The van der Waals surface area contributed by atoms with Crippen molar-refractivity contribution in [2.75, 3.05) is 26.9 Å². The molecule has 1 fully saturated rings. The zero-order valence-electron chi connectivity index (χ0n) is 18.4. The molecule has 1 saturated heterocycles. The van der Waals surface area contributed by atoms with Gasteiger partial charge >= 0.3 is 0 Å². The molecule has 3 rings (SSSR count). The van der Waals surface area contributed by atoms with E-state index in [2.05, 4.69) is 17.4 Å². The fourth-order valence-corrected chi connectivity index (χ4v) is 4.92. The van der Waals surface area contributed by atoms with Crippen molar-refractivity contribution in [2.24, 2.45) is 0 Å². The van der Waals surface area contributed by atoms with Crippen LogP contribution >= 0.6 is 0 Å². The smallest absolute Gasteiger partial charge is 0.224 e. The van der Waals surface area contributed by atoms with Gasteiger partial charge in [0.2, 0.25) is 5.91 Å². The van der Waals surface area contributed by atoms with Crippen molar-refractivity contribution in [1.29, 1.82) is 0 Å². The largest absolute Gasteiger partial charge is 0.497 e. The summed E-state index contributed by atoms with van der Waals surface area (Å²) in [5.41, 5.74) is 1.78. The summed E-state index contributed by atoms with van der Waals surface area (Å²) in [6.45, 7) is 5.17. The van der Waals surface area contributed by atoms with Crippen LogP contribution in [0.3, 0.4) is 0 Å². The number of amides is 1. The van der Waals surface area contributed by atoms with Gasteiger partial charge in [0.1, 0.15) is 5.75 Å². The minimum absolute atomic E-state index is 0.0844. The van der Waals surface area contributed by atoms with Gasteiger partial charge in [0.25, 0.3) is 0 Å². The molecule has 0 aliphatic carbocycles. The number of methoxy groups -OCH3 is 1. The number of hydrogen-bond donors (Lipinski definition) is 1. The molecule has 1 heterocycles. The zero-order valence-corrected chi connectivity index (χ0v) is 19.2. The number of carbonyl (C=O) groups is 1. The monoisotopic (exact) mass is 445 g/mol. The first kappa shape index (κ1) is 23.3. The summed E-state index contributed by atoms with van der Waals surface area (Å²) in [6.07, 6.45) is 1.87. The van der Waals surface area contributed by atoms with E-state index in [1.807, 2.05) is 12.1 Å². The maximum absolute atomic E-state index is 12.6. The minimum atomic E-state index is -3.31. The Balaban J connectivity index is 1.66. The third kappa shape index (κ3) is 5.46. The Bertz CT molecular complexity index is 976. The maximum atomic E-state index is 12.6. The number of sulfone groups is 1. The highest BCUT2D eigenvalue weighted by Crippen LogP contribution is 2.35. The number of nitrogens with one attached hydrogen (secondary N) is 1. The van der Waals surface area contributed by atoms with Crippen molar-refractivity contribution >= 4 is 15.7 Å². The van der Waals surface area contributed by atoms with Crippen LogP contribution in [0.25, 0.3) is 0 Å². The van der Waals surface area contributed by atoms with Crippen molar-refractivity contribution in [3.8, 4) is 5.75 Å². The molecular weight excluding hydrogens is 414 g/mol. The van der Waals surface area contributed by atoms with Crippen LogP contribution in [0.15, 0.2) is 53.4 Å². The lowest BCUT2D eigenvalue weighted by molar-refractivity contribution is -0.120. The average Bonchev–Trinajstić information content (AvgIpc) is 2.78. The van der Waals surface area contributed by atoms with Gasteiger partial charge in [0.15, 0.2) is 9.84 Å². The van der Waals surface area contributed by atoms with Gasteiger partial charge in [0, 0.05) is 25.2 Å². The molecule has 1 amide bonds. The number of rotatable bonds is 8. The van der Waals surface area contributed by atoms with Gasteiger partial charge in [-0.3, -0.25) is 4.79 Å². The molecule has 0 aromatic heterocycles. The standard InChI is InChI=1S/C24H31NO5S/c1-18(2)31(27,28)22-10-4-19(5-11-22)16-23(26)25-17-24(12-14-30-15-13-24)20-6-8-21(29-3)9-7-20/h4-11,18H,12-17H2,1-3H3,(H,25,26). The first-order chi connectivity index (χ1) is 14.8. The van der Waals surface area contributed by atoms with Crippen LogP contribution in [0.5, 0.6) is 5.75 Å². The van der Waals surface area contributed by atoms with Crippen LogP contribution < -0.4 is 10.1 Å². The Morgan fingerprint density at radius 3 is 2.23 bits per heavy atom. The summed E-state index contributed by atoms with van der Waals surface area (Å²) in [7, 11) is -1.67. The second kappa shape index (κ2) is 9.83. The van der Waals surface area contributed by atoms with E-state index >= 15 is 0 Å². The highest BCUT2D eigenvalue weighted by Gasteiger charge is 2.34. The lowest BCUT2D eigenvalue weighted by Gasteiger charge is -2.38. The van der Waals surface area contributed by atoms with Crippen LogP contribution in [0, 0.1) is 0 Å². The second-order valence-electron chi connectivity index (χ2n) is 8.31. The Hall–Kier alpha value is -2.38. The first-order valence-electron chi connectivity index (χ1n) is 10.6. The predicted molar refractivity (Wildman–Crippen MR) is 120 cm³/mol. The normalized spacial score (nSPS) is 16.1. The molecule has 0 spiro atoms. The Morgan fingerprint density at radius 1 is 1.06 bits per heavy atom. The van der Waals surface area contributed by atoms with Gasteiger partial charge in [-0.05, 0) is 62.1 Å². The average molecular weight is 446 g/mol. The number of hydrogen-bond acceptors (Lipinski definition) is 5. The van der Waals surface area contributed by atoms with E-state index in [0.717, 1.165) is 24.2 Å². The van der Waals surface area contributed by atoms with E-state index in [9.17, 15) is 13.2 Å². The third-order valence-corrected chi connectivity index (χ3v) is 8.18. The van der Waals surface area contributed by atoms with Crippen molar-refractivity contribution in [2.45, 2.75) is 48.7 Å². The van der Waals surface area contributed by atoms with Crippen molar-refractivity contribution in [1.82, 2.24) is 5.32 Å². The van der Waals surface area contributed by atoms with Crippen LogP contribution in [0.2, 0.25) is 0 Å². The van der Waals surface area contributed by atoms with Crippen molar-refractivity contribution in [3.05, 3.63) is 59.7 Å². The topological polar surface area (TPSA) is 81.7 Å². The maximum Gasteiger partial charge on any atom is 0.224 e. The number of ether oxygens (including phenoxy) is 2. The van der Waals surface area contributed by atoms with Gasteiger partial charge in [-0.2, -0.15) is 0 Å². The van der Waals surface area contributed by atoms with Crippen LogP contribution in [-0.2, 0) is 31.2 Å². The molecule has 0 atom stereocenters. The quantitative estimate of drug-likeness (QED) is 0.674. The van der Waals surface area contributed by atoms with Gasteiger partial charge in [-0.15, -0.1) is 0 Å². The van der Waals surface area contributed by atoms with E-state index in [0.29, 0.717) is 19.8 Å². The summed E-state index contributed by atoms with van der Waals surface area (Å²) in [5, 5.41) is 2.61. The fourth-order valence-electron chi connectivity index (χ4n) is 3.86. The molecule has 0 saturated carbocycles. The van der Waals surface area contributed by atoms with E-state index in [1.165, 1.54) is 5.56 Å². The molecule has 31 heavy (non-hydrogen) atoms. The van der Waals surface area contributed by atoms with E-state index in [-0.39, 0.29) is 22.6 Å². The molecule has 168 valence electrons. The van der Waals surface area contributed by atoms with Crippen LogP contribution in [0.4, 0.5) is 0 Å². The summed E-state index contributed by atoms with van der Waals surface area (Å²) in [6, 6.07) is 14.6. The minimum Gasteiger partial charge on any atom is -0.497 e. The fraction of sp³-hybridized carbons (Fsp3) is 0.458. The predicted octanol–water partition coefficient (Wildman–Crippen LogP) is 3.28. The molecule has 1 N–H and O–H groups in total. The molecule has 7 heteroatoms. The molecule has 2 aromatic rings.